The Kier molecular flexibility index (Phi) is 4.98. The van der Waals surface area contributed by atoms with E-state index in [9.17, 15) is 4.79 Å². The number of anilines is 1. The fourth-order valence-corrected chi connectivity index (χ4v) is 2.13. The number of methoxy groups -OCH3 is 1. The molecule has 2 heterocycles. The number of carbonyl (C=O) groups is 1. The van der Waals surface area contributed by atoms with Gasteiger partial charge in [-0.25, -0.2) is 4.79 Å². The minimum atomic E-state index is -0.427. The number of hydrogen-bond donors (Lipinski definition) is 1. The molecule has 0 aliphatic carbocycles. The molecule has 3 aromatic rings. The van der Waals surface area contributed by atoms with Crippen LogP contribution in [0.1, 0.15) is 11.5 Å². The van der Waals surface area contributed by atoms with Gasteiger partial charge in [-0.2, -0.15) is 4.98 Å². The minimum absolute atomic E-state index is 0.125. The first-order valence-corrected chi connectivity index (χ1v) is 7.56. The van der Waals surface area contributed by atoms with Gasteiger partial charge < -0.3 is 23.7 Å². The fraction of sp³-hybridized carbons (Fsp3) is 0.235. The molecule has 8 nitrogen and oxygen atoms in total. The first-order chi connectivity index (χ1) is 12.2. The lowest BCUT2D eigenvalue weighted by atomic mass is 10.2. The van der Waals surface area contributed by atoms with Crippen molar-refractivity contribution in [3.05, 3.63) is 48.0 Å². The summed E-state index contributed by atoms with van der Waals surface area (Å²) in [5, 5.41) is 7.09. The van der Waals surface area contributed by atoms with Gasteiger partial charge in [-0.15, -0.1) is 0 Å². The fourth-order valence-electron chi connectivity index (χ4n) is 2.13. The molecule has 0 aliphatic heterocycles. The summed E-state index contributed by atoms with van der Waals surface area (Å²) in [7, 11) is 1.32. The Balaban J connectivity index is 1.59. The van der Waals surface area contributed by atoms with Gasteiger partial charge in [0.15, 0.2) is 12.4 Å². The van der Waals surface area contributed by atoms with Gasteiger partial charge in [0.25, 0.3) is 0 Å². The number of aromatic nitrogens is 2. The maximum absolute atomic E-state index is 11.1. The summed E-state index contributed by atoms with van der Waals surface area (Å²) in [6.45, 7) is 2.17. The van der Waals surface area contributed by atoms with Crippen LogP contribution in [0.25, 0.3) is 11.6 Å². The maximum Gasteiger partial charge on any atom is 0.343 e. The highest BCUT2D eigenvalue weighted by molar-refractivity contribution is 5.71. The minimum Gasteiger partial charge on any atom is -0.482 e. The summed E-state index contributed by atoms with van der Waals surface area (Å²) in [4.78, 5) is 15.4. The highest BCUT2D eigenvalue weighted by Gasteiger charge is 2.11. The molecule has 0 fully saturated rings. The van der Waals surface area contributed by atoms with Crippen LogP contribution in [0.4, 0.5) is 5.69 Å². The van der Waals surface area contributed by atoms with Crippen LogP contribution in [0.3, 0.4) is 0 Å². The smallest absolute Gasteiger partial charge is 0.343 e. The van der Waals surface area contributed by atoms with Crippen molar-refractivity contribution in [1.29, 1.82) is 0 Å². The first-order valence-electron chi connectivity index (χ1n) is 7.56. The molecule has 25 heavy (non-hydrogen) atoms. The second kappa shape index (κ2) is 7.52. The van der Waals surface area contributed by atoms with Crippen molar-refractivity contribution >= 4 is 11.7 Å². The Labute approximate surface area is 143 Å². The molecule has 0 spiro atoms. The van der Waals surface area contributed by atoms with Crippen LogP contribution in [-0.2, 0) is 16.1 Å². The van der Waals surface area contributed by atoms with Gasteiger partial charge >= 0.3 is 5.97 Å². The Bertz CT molecular complexity index is 842. The predicted octanol–water partition coefficient (Wildman–Crippen LogP) is 2.80. The topological polar surface area (TPSA) is 99.6 Å². The summed E-state index contributed by atoms with van der Waals surface area (Å²) >= 11 is 0. The Morgan fingerprint density at radius 1 is 1.32 bits per heavy atom. The third-order valence-corrected chi connectivity index (χ3v) is 3.42. The quantitative estimate of drug-likeness (QED) is 0.654. The van der Waals surface area contributed by atoms with E-state index in [1.54, 1.807) is 24.5 Å². The summed E-state index contributed by atoms with van der Waals surface area (Å²) in [6.07, 6.45) is 1.55. The van der Waals surface area contributed by atoms with E-state index in [4.69, 9.17) is 13.7 Å². The van der Waals surface area contributed by atoms with E-state index in [2.05, 4.69) is 20.2 Å². The number of hydrogen-bond acceptors (Lipinski definition) is 8. The van der Waals surface area contributed by atoms with Crippen LogP contribution >= 0.6 is 0 Å². The van der Waals surface area contributed by atoms with E-state index in [0.717, 1.165) is 11.3 Å². The number of nitrogens with zero attached hydrogens (tertiary/aromatic N) is 2. The van der Waals surface area contributed by atoms with Crippen LogP contribution in [0, 0.1) is 6.92 Å². The molecule has 1 N–H and O–H groups in total. The van der Waals surface area contributed by atoms with Crippen LogP contribution in [0.2, 0.25) is 0 Å². The van der Waals surface area contributed by atoms with Gasteiger partial charge in [-0.05, 0) is 42.8 Å². The molecule has 2 aromatic heterocycles. The standard InChI is InChI=1S/C17H17N3O5/c1-11-8-12(24-10-16(21)22-2)5-6-13(11)18-9-15-19-17(20-25-15)14-4-3-7-23-14/h3-8,18H,9-10H2,1-2H3. The molecule has 0 unspecified atom stereocenters. The monoisotopic (exact) mass is 343 g/mol. The van der Waals surface area contributed by atoms with Gasteiger partial charge in [-0.3, -0.25) is 0 Å². The number of benzene rings is 1. The SMILES string of the molecule is COC(=O)COc1ccc(NCc2nc(-c3ccco3)no2)c(C)c1. The average molecular weight is 343 g/mol. The van der Waals surface area contributed by atoms with E-state index in [0.29, 0.717) is 29.8 Å². The van der Waals surface area contributed by atoms with Gasteiger partial charge in [0.1, 0.15) is 5.75 Å². The van der Waals surface area contributed by atoms with Crippen molar-refractivity contribution in [2.24, 2.45) is 0 Å². The Hall–Kier alpha value is -3.29. The van der Waals surface area contributed by atoms with E-state index < -0.39 is 5.97 Å². The van der Waals surface area contributed by atoms with Crippen molar-refractivity contribution in [2.45, 2.75) is 13.5 Å². The largest absolute Gasteiger partial charge is 0.482 e. The van der Waals surface area contributed by atoms with Crippen molar-refractivity contribution in [3.8, 4) is 17.3 Å². The zero-order valence-electron chi connectivity index (χ0n) is 13.8. The molecule has 0 atom stereocenters. The zero-order chi connectivity index (χ0) is 17.6. The van der Waals surface area contributed by atoms with E-state index in [1.807, 2.05) is 19.1 Å². The second-order valence-corrected chi connectivity index (χ2v) is 5.18. The molecule has 1 aromatic carbocycles. The molecular formula is C17H17N3O5. The summed E-state index contributed by atoms with van der Waals surface area (Å²) in [5.41, 5.74) is 1.84. The molecule has 130 valence electrons. The molecule has 0 saturated heterocycles. The lowest BCUT2D eigenvalue weighted by Gasteiger charge is -2.10. The maximum atomic E-state index is 11.1. The van der Waals surface area contributed by atoms with Crippen LogP contribution in [-0.4, -0.2) is 29.8 Å². The van der Waals surface area contributed by atoms with E-state index in [-0.39, 0.29) is 6.61 Å². The third-order valence-electron chi connectivity index (χ3n) is 3.42. The van der Waals surface area contributed by atoms with Gasteiger partial charge in [0.05, 0.1) is 19.9 Å². The summed E-state index contributed by atoms with van der Waals surface area (Å²) in [6, 6.07) is 8.97. The number of esters is 1. The predicted molar refractivity (Wildman–Crippen MR) is 88.0 cm³/mol. The van der Waals surface area contributed by atoms with E-state index in [1.165, 1.54) is 7.11 Å². The van der Waals surface area contributed by atoms with Crippen LogP contribution in [0.15, 0.2) is 45.5 Å². The van der Waals surface area contributed by atoms with Crippen molar-refractivity contribution < 1.29 is 23.2 Å². The van der Waals surface area contributed by atoms with Gasteiger partial charge in [0.2, 0.25) is 11.7 Å². The molecule has 3 rings (SSSR count). The average Bonchev–Trinajstić information content (AvgIpc) is 3.30. The number of furan rings is 1. The molecule has 0 saturated carbocycles. The normalized spacial score (nSPS) is 10.5. The number of carbonyl (C=O) groups excluding carboxylic acids is 1. The summed E-state index contributed by atoms with van der Waals surface area (Å²) < 4.78 is 20.3. The summed E-state index contributed by atoms with van der Waals surface area (Å²) in [5.74, 6) is 1.56. The van der Waals surface area contributed by atoms with Crippen molar-refractivity contribution in [3.63, 3.8) is 0 Å². The Morgan fingerprint density at radius 3 is 2.92 bits per heavy atom. The molecule has 0 aliphatic rings. The molecule has 0 amide bonds. The van der Waals surface area contributed by atoms with E-state index >= 15 is 0 Å². The highest BCUT2D eigenvalue weighted by Crippen LogP contribution is 2.22. The molecule has 8 heteroatoms. The number of nitrogens with one attached hydrogen (secondary N) is 1. The lowest BCUT2D eigenvalue weighted by Crippen LogP contribution is -2.12. The zero-order valence-corrected chi connectivity index (χ0v) is 13.8. The third kappa shape index (κ3) is 4.17. The molecular weight excluding hydrogens is 326 g/mol. The number of ether oxygens (including phenoxy) is 2. The first kappa shape index (κ1) is 16.6. The molecule has 0 bridgehead atoms. The number of rotatable bonds is 7. The highest BCUT2D eigenvalue weighted by atomic mass is 16.6. The van der Waals surface area contributed by atoms with Gasteiger partial charge in [0, 0.05) is 5.69 Å². The Morgan fingerprint density at radius 2 is 2.20 bits per heavy atom. The van der Waals surface area contributed by atoms with Crippen molar-refractivity contribution in [2.75, 3.05) is 19.0 Å². The number of aryl methyl sites for hydroxylation is 1. The van der Waals surface area contributed by atoms with Crippen molar-refractivity contribution in [1.82, 2.24) is 10.1 Å². The molecule has 0 radical (unpaired) electrons. The second-order valence-electron chi connectivity index (χ2n) is 5.18. The van der Waals surface area contributed by atoms with Gasteiger partial charge in [-0.1, -0.05) is 5.16 Å². The van der Waals surface area contributed by atoms with Crippen LogP contribution in [0.5, 0.6) is 5.75 Å². The lowest BCUT2D eigenvalue weighted by molar-refractivity contribution is -0.142. The van der Waals surface area contributed by atoms with Crippen LogP contribution < -0.4 is 10.1 Å².